The standard InChI is InChI=1S/C23H20N4O3/c1-26-21(14-5-3-2-4-6-14)18(12-24-26)15-7-8-17-16(11-15)13-27(23(17)30)19-9-10-20(28)25-22(19)29/h2-8,11-12,19H,9-10,13H2,1H3,(H,25,28,29)/i1D3. The molecule has 1 fully saturated rings. The maximum atomic E-state index is 13.0. The summed E-state index contributed by atoms with van der Waals surface area (Å²) < 4.78 is 24.7. The van der Waals surface area contributed by atoms with Crippen LogP contribution < -0.4 is 5.32 Å². The van der Waals surface area contributed by atoms with Gasteiger partial charge in [-0.1, -0.05) is 36.4 Å². The summed E-state index contributed by atoms with van der Waals surface area (Å²) >= 11 is 0. The molecule has 1 atom stereocenters. The van der Waals surface area contributed by atoms with E-state index in [0.29, 0.717) is 28.8 Å². The fraction of sp³-hybridized carbons (Fsp3) is 0.217. The van der Waals surface area contributed by atoms with E-state index in [9.17, 15) is 14.4 Å². The fourth-order valence-corrected chi connectivity index (χ4v) is 4.18. The van der Waals surface area contributed by atoms with E-state index < -0.39 is 18.9 Å². The van der Waals surface area contributed by atoms with Gasteiger partial charge in [0, 0.05) is 40.7 Å². The molecule has 0 spiro atoms. The molecule has 5 rings (SSSR count). The van der Waals surface area contributed by atoms with Crippen LogP contribution in [-0.2, 0) is 23.1 Å². The second-order valence-electron chi connectivity index (χ2n) is 7.46. The van der Waals surface area contributed by atoms with Crippen molar-refractivity contribution in [3.63, 3.8) is 0 Å². The first-order valence-corrected chi connectivity index (χ1v) is 9.66. The molecule has 30 heavy (non-hydrogen) atoms. The average Bonchev–Trinajstić information content (AvgIpc) is 3.36. The van der Waals surface area contributed by atoms with Crippen LogP contribution in [0.1, 0.15) is 32.9 Å². The Balaban J connectivity index is 1.54. The highest BCUT2D eigenvalue weighted by molar-refractivity contribution is 6.05. The zero-order valence-electron chi connectivity index (χ0n) is 19.0. The molecule has 0 radical (unpaired) electrons. The number of rotatable bonds is 3. The SMILES string of the molecule is [2H]C([2H])([2H])n1ncc(-c2ccc3c(c2)CN(C2CCC(=O)NC2=O)C3=O)c1-c1ccccc1. The summed E-state index contributed by atoms with van der Waals surface area (Å²) in [5.41, 5.74) is 3.76. The van der Waals surface area contributed by atoms with Crippen LogP contribution >= 0.6 is 0 Å². The van der Waals surface area contributed by atoms with Gasteiger partial charge >= 0.3 is 0 Å². The summed E-state index contributed by atoms with van der Waals surface area (Å²) in [4.78, 5) is 38.2. The third-order valence-electron chi connectivity index (χ3n) is 5.65. The van der Waals surface area contributed by atoms with Crippen molar-refractivity contribution in [2.75, 3.05) is 0 Å². The molecule has 1 unspecified atom stereocenters. The third-order valence-corrected chi connectivity index (χ3v) is 5.65. The molecule has 3 heterocycles. The van der Waals surface area contributed by atoms with Gasteiger partial charge < -0.3 is 4.90 Å². The van der Waals surface area contributed by atoms with Crippen molar-refractivity contribution in [2.45, 2.75) is 25.4 Å². The van der Waals surface area contributed by atoms with Gasteiger partial charge in [0.25, 0.3) is 5.91 Å². The maximum Gasteiger partial charge on any atom is 0.255 e. The Morgan fingerprint density at radius 1 is 1.07 bits per heavy atom. The molecule has 0 saturated carbocycles. The smallest absolute Gasteiger partial charge is 0.255 e. The second kappa shape index (κ2) is 6.95. The molecule has 2 aliphatic rings. The van der Waals surface area contributed by atoms with E-state index in [1.807, 2.05) is 36.4 Å². The molecule has 1 saturated heterocycles. The predicted molar refractivity (Wildman–Crippen MR) is 110 cm³/mol. The normalized spacial score (nSPS) is 20.4. The minimum atomic E-state index is -2.46. The number of amides is 3. The summed E-state index contributed by atoms with van der Waals surface area (Å²) in [5.74, 6) is -1.05. The van der Waals surface area contributed by atoms with Gasteiger partial charge in [0.2, 0.25) is 11.8 Å². The van der Waals surface area contributed by atoms with Crippen LogP contribution in [-0.4, -0.2) is 38.4 Å². The Bertz CT molecular complexity index is 1280. The van der Waals surface area contributed by atoms with E-state index in [2.05, 4.69) is 10.4 Å². The number of fused-ring (bicyclic) bond motifs is 1. The zero-order valence-corrected chi connectivity index (χ0v) is 16.0. The van der Waals surface area contributed by atoms with Gasteiger partial charge in [-0.2, -0.15) is 5.10 Å². The van der Waals surface area contributed by atoms with Crippen LogP contribution in [0, 0.1) is 0 Å². The molecule has 2 aromatic carbocycles. The van der Waals surface area contributed by atoms with Gasteiger partial charge in [-0.15, -0.1) is 0 Å². The molecular weight excluding hydrogens is 380 g/mol. The molecule has 7 nitrogen and oxygen atoms in total. The molecule has 2 aliphatic heterocycles. The van der Waals surface area contributed by atoms with Gasteiger partial charge in [-0.3, -0.25) is 24.4 Å². The minimum absolute atomic E-state index is 0.191. The third kappa shape index (κ3) is 2.90. The van der Waals surface area contributed by atoms with Crippen molar-refractivity contribution >= 4 is 17.7 Å². The van der Waals surface area contributed by atoms with Crippen molar-refractivity contribution in [1.29, 1.82) is 0 Å². The number of aryl methyl sites for hydroxylation is 1. The van der Waals surface area contributed by atoms with Crippen LogP contribution in [0.2, 0.25) is 0 Å². The second-order valence-corrected chi connectivity index (χ2v) is 7.46. The number of carbonyl (C=O) groups excluding carboxylic acids is 3. The van der Waals surface area contributed by atoms with E-state index in [0.717, 1.165) is 15.8 Å². The molecular formula is C23H20N4O3. The number of imide groups is 1. The number of hydrogen-bond acceptors (Lipinski definition) is 4. The number of carbonyl (C=O) groups is 3. The summed E-state index contributed by atoms with van der Waals surface area (Å²) in [6.45, 7) is -2.22. The van der Waals surface area contributed by atoms with Crippen LogP contribution in [0.3, 0.4) is 0 Å². The van der Waals surface area contributed by atoms with Gasteiger partial charge in [0.05, 0.1) is 11.9 Å². The molecule has 7 heteroatoms. The number of benzene rings is 2. The number of nitrogens with one attached hydrogen (secondary N) is 1. The van der Waals surface area contributed by atoms with Crippen LogP contribution in [0.25, 0.3) is 22.4 Å². The first-order valence-electron chi connectivity index (χ1n) is 11.2. The highest BCUT2D eigenvalue weighted by atomic mass is 16.2. The van der Waals surface area contributed by atoms with Crippen molar-refractivity contribution in [1.82, 2.24) is 20.0 Å². The highest BCUT2D eigenvalue weighted by Gasteiger charge is 2.39. The first-order chi connectivity index (χ1) is 15.7. The van der Waals surface area contributed by atoms with Gasteiger partial charge in [0.1, 0.15) is 6.04 Å². The maximum absolute atomic E-state index is 13.0. The molecule has 0 aliphatic carbocycles. The lowest BCUT2D eigenvalue weighted by atomic mass is 9.98. The van der Waals surface area contributed by atoms with Crippen LogP contribution in [0.15, 0.2) is 54.7 Å². The van der Waals surface area contributed by atoms with E-state index in [1.54, 1.807) is 12.1 Å². The largest absolute Gasteiger partial charge is 0.322 e. The van der Waals surface area contributed by atoms with Crippen molar-refractivity contribution in [3.8, 4) is 22.4 Å². The van der Waals surface area contributed by atoms with Gasteiger partial charge in [-0.05, 0) is 29.7 Å². The molecule has 0 bridgehead atoms. The van der Waals surface area contributed by atoms with Crippen molar-refractivity contribution < 1.29 is 18.5 Å². The Morgan fingerprint density at radius 2 is 1.90 bits per heavy atom. The highest BCUT2D eigenvalue weighted by Crippen LogP contribution is 2.35. The monoisotopic (exact) mass is 403 g/mol. The van der Waals surface area contributed by atoms with E-state index >= 15 is 0 Å². The fourth-order valence-electron chi connectivity index (χ4n) is 4.18. The lowest BCUT2D eigenvalue weighted by Gasteiger charge is -2.29. The van der Waals surface area contributed by atoms with Gasteiger partial charge in [-0.25, -0.2) is 0 Å². The molecule has 1 N–H and O–H groups in total. The van der Waals surface area contributed by atoms with Crippen LogP contribution in [0.4, 0.5) is 0 Å². The predicted octanol–water partition coefficient (Wildman–Crippen LogP) is 2.52. The lowest BCUT2D eigenvalue weighted by Crippen LogP contribution is -2.52. The van der Waals surface area contributed by atoms with E-state index in [1.165, 1.54) is 11.1 Å². The zero-order chi connectivity index (χ0) is 23.3. The Hall–Kier alpha value is -3.74. The summed E-state index contributed by atoms with van der Waals surface area (Å²) in [6, 6.07) is 13.8. The van der Waals surface area contributed by atoms with E-state index in [-0.39, 0.29) is 24.8 Å². The molecule has 3 aromatic rings. The van der Waals surface area contributed by atoms with Crippen molar-refractivity contribution in [3.05, 3.63) is 65.9 Å². The minimum Gasteiger partial charge on any atom is -0.322 e. The topological polar surface area (TPSA) is 84.3 Å². The number of piperidine rings is 1. The van der Waals surface area contributed by atoms with E-state index in [4.69, 9.17) is 4.11 Å². The van der Waals surface area contributed by atoms with Gasteiger partial charge in [0.15, 0.2) is 0 Å². The summed E-state index contributed by atoms with van der Waals surface area (Å²) in [6.07, 6.45) is 2.00. The lowest BCUT2D eigenvalue weighted by molar-refractivity contribution is -0.136. The van der Waals surface area contributed by atoms with Crippen molar-refractivity contribution in [2.24, 2.45) is 6.98 Å². The summed E-state index contributed by atoms with van der Waals surface area (Å²) in [5, 5.41) is 6.44. The molecule has 1 aromatic heterocycles. The Morgan fingerprint density at radius 3 is 2.67 bits per heavy atom. The molecule has 3 amide bonds. The summed E-state index contributed by atoms with van der Waals surface area (Å²) in [7, 11) is 0. The first kappa shape index (κ1) is 15.1. The Labute approximate surface area is 177 Å². The number of aromatic nitrogens is 2. The molecule has 150 valence electrons. The number of nitrogens with zero attached hydrogens (tertiary/aromatic N) is 3. The Kier molecular flexibility index (Phi) is 3.51. The number of hydrogen-bond donors (Lipinski definition) is 1. The average molecular weight is 403 g/mol. The quantitative estimate of drug-likeness (QED) is 0.681. The van der Waals surface area contributed by atoms with Crippen LogP contribution in [0.5, 0.6) is 0 Å².